The Morgan fingerprint density at radius 1 is 1.07 bits per heavy atom. The van der Waals surface area contributed by atoms with Gasteiger partial charge in [0.15, 0.2) is 11.6 Å². The van der Waals surface area contributed by atoms with E-state index < -0.39 is 29.7 Å². The number of hydrogen-bond donors (Lipinski definition) is 2. The number of ether oxygens (including phenoxy) is 1. The van der Waals surface area contributed by atoms with E-state index in [1.54, 1.807) is 4.90 Å². The van der Waals surface area contributed by atoms with Gasteiger partial charge in [-0.2, -0.15) is 0 Å². The molecule has 0 radical (unpaired) electrons. The van der Waals surface area contributed by atoms with E-state index in [1.165, 1.54) is 11.6 Å². The third-order valence-corrected chi connectivity index (χ3v) is 8.90. The fourth-order valence-electron chi connectivity index (χ4n) is 6.83. The standard InChI is InChI=1S/C34H47F2N3O4/c1-4-14-39(34(42)43-22-24-10-11-30(35)31(36)18-24)28-12-15-38(16-13-28)21-26-19-27(37-32(33(40)41)17-23(2)3)20-29(26)25-8-6-5-7-9-25/h5-11,18,23,26-29,32,37H,4,12-17,19-22H2,1-3H3,(H,40,41)/t26?,27?,29?,32-/m1/s1. The number of likely N-dealkylation sites (tertiary alicyclic amines) is 1. The Balaban J connectivity index is 1.34. The lowest BCUT2D eigenvalue weighted by Gasteiger charge is -2.39. The zero-order valence-electron chi connectivity index (χ0n) is 25.7. The third-order valence-electron chi connectivity index (χ3n) is 8.90. The molecule has 9 heteroatoms. The van der Waals surface area contributed by atoms with Crippen molar-refractivity contribution in [1.29, 1.82) is 0 Å². The Kier molecular flexibility index (Phi) is 11.9. The summed E-state index contributed by atoms with van der Waals surface area (Å²) in [6, 6.07) is 13.7. The second-order valence-electron chi connectivity index (χ2n) is 12.7. The van der Waals surface area contributed by atoms with Gasteiger partial charge in [0.1, 0.15) is 12.6 Å². The zero-order valence-corrected chi connectivity index (χ0v) is 25.7. The van der Waals surface area contributed by atoms with Gasteiger partial charge in [-0.25, -0.2) is 13.6 Å². The molecule has 1 saturated heterocycles. The lowest BCUT2D eigenvalue weighted by molar-refractivity contribution is -0.140. The van der Waals surface area contributed by atoms with E-state index in [2.05, 4.69) is 48.3 Å². The van der Waals surface area contributed by atoms with Crippen molar-refractivity contribution in [3.63, 3.8) is 0 Å². The van der Waals surface area contributed by atoms with Crippen LogP contribution in [0.5, 0.6) is 0 Å². The number of amides is 1. The molecule has 1 aliphatic heterocycles. The number of piperidine rings is 1. The smallest absolute Gasteiger partial charge is 0.410 e. The summed E-state index contributed by atoms with van der Waals surface area (Å²) in [5.41, 5.74) is 1.72. The van der Waals surface area contributed by atoms with Crippen LogP contribution in [0.25, 0.3) is 0 Å². The highest BCUT2D eigenvalue weighted by Gasteiger charge is 2.39. The Hall–Kier alpha value is -3.04. The Labute approximate surface area is 254 Å². The summed E-state index contributed by atoms with van der Waals surface area (Å²) in [6.45, 7) is 9.26. The molecule has 1 saturated carbocycles. The number of nitrogens with one attached hydrogen (secondary N) is 1. The van der Waals surface area contributed by atoms with Crippen LogP contribution in [0.3, 0.4) is 0 Å². The molecule has 0 bridgehead atoms. The van der Waals surface area contributed by atoms with E-state index in [0.717, 1.165) is 63.9 Å². The van der Waals surface area contributed by atoms with Crippen molar-refractivity contribution >= 4 is 12.1 Å². The topological polar surface area (TPSA) is 82.1 Å². The first-order chi connectivity index (χ1) is 20.6. The molecule has 1 heterocycles. The molecule has 4 rings (SSSR count). The first-order valence-electron chi connectivity index (χ1n) is 15.8. The maximum absolute atomic E-state index is 13.6. The number of hydrogen-bond acceptors (Lipinski definition) is 5. The summed E-state index contributed by atoms with van der Waals surface area (Å²) < 4.78 is 32.3. The van der Waals surface area contributed by atoms with Crippen LogP contribution in [0.1, 0.15) is 76.3 Å². The van der Waals surface area contributed by atoms with E-state index in [4.69, 9.17) is 4.74 Å². The van der Waals surface area contributed by atoms with E-state index in [-0.39, 0.29) is 18.7 Å². The van der Waals surface area contributed by atoms with Crippen LogP contribution in [-0.4, -0.2) is 71.3 Å². The lowest BCUT2D eigenvalue weighted by atomic mass is 9.88. The van der Waals surface area contributed by atoms with E-state index >= 15 is 0 Å². The Morgan fingerprint density at radius 3 is 2.42 bits per heavy atom. The van der Waals surface area contributed by atoms with Crippen LogP contribution in [0.15, 0.2) is 48.5 Å². The van der Waals surface area contributed by atoms with Gasteiger partial charge in [0.25, 0.3) is 0 Å². The number of carbonyl (C=O) groups is 2. The third kappa shape index (κ3) is 9.22. The Bertz CT molecular complexity index is 1190. The summed E-state index contributed by atoms with van der Waals surface area (Å²) in [5.74, 6) is -1.61. The van der Waals surface area contributed by atoms with E-state index in [1.807, 2.05) is 13.0 Å². The molecule has 1 amide bonds. The largest absolute Gasteiger partial charge is 0.480 e. The van der Waals surface area contributed by atoms with Crippen LogP contribution in [-0.2, 0) is 16.1 Å². The lowest BCUT2D eigenvalue weighted by Crippen LogP contribution is -2.48. The van der Waals surface area contributed by atoms with Crippen molar-refractivity contribution in [2.75, 3.05) is 26.2 Å². The van der Waals surface area contributed by atoms with Gasteiger partial charge in [-0.15, -0.1) is 0 Å². The van der Waals surface area contributed by atoms with E-state index in [9.17, 15) is 23.5 Å². The molecule has 7 nitrogen and oxygen atoms in total. The molecular weight excluding hydrogens is 552 g/mol. The minimum atomic E-state index is -0.956. The van der Waals surface area contributed by atoms with Crippen molar-refractivity contribution in [2.45, 2.75) is 89.9 Å². The summed E-state index contributed by atoms with van der Waals surface area (Å²) in [5, 5.41) is 13.3. The Morgan fingerprint density at radius 2 is 1.79 bits per heavy atom. The van der Waals surface area contributed by atoms with Crippen molar-refractivity contribution in [2.24, 2.45) is 11.8 Å². The van der Waals surface area contributed by atoms with Crippen LogP contribution in [0.4, 0.5) is 13.6 Å². The maximum atomic E-state index is 13.6. The number of nitrogens with zero attached hydrogens (tertiary/aromatic N) is 2. The molecule has 4 atom stereocenters. The number of benzene rings is 2. The van der Waals surface area contributed by atoms with Crippen molar-refractivity contribution in [3.05, 3.63) is 71.3 Å². The van der Waals surface area contributed by atoms with Gasteiger partial charge in [-0.3, -0.25) is 4.79 Å². The van der Waals surface area contributed by atoms with Gasteiger partial charge in [-0.1, -0.05) is 57.2 Å². The summed E-state index contributed by atoms with van der Waals surface area (Å²) in [4.78, 5) is 29.3. The van der Waals surface area contributed by atoms with Crippen molar-refractivity contribution in [3.8, 4) is 0 Å². The number of carboxylic acids is 1. The van der Waals surface area contributed by atoms with Crippen LogP contribution in [0, 0.1) is 23.5 Å². The highest BCUT2D eigenvalue weighted by atomic mass is 19.2. The molecule has 2 aromatic rings. The monoisotopic (exact) mass is 599 g/mol. The molecule has 43 heavy (non-hydrogen) atoms. The summed E-state index contributed by atoms with van der Waals surface area (Å²) >= 11 is 0. The fourth-order valence-corrected chi connectivity index (χ4v) is 6.83. The summed E-state index contributed by atoms with van der Waals surface area (Å²) in [7, 11) is 0. The molecule has 0 spiro atoms. The highest BCUT2D eigenvalue weighted by Crippen LogP contribution is 2.41. The van der Waals surface area contributed by atoms with Gasteiger partial charge >= 0.3 is 12.1 Å². The van der Waals surface area contributed by atoms with Gasteiger partial charge in [0.05, 0.1) is 0 Å². The van der Waals surface area contributed by atoms with Crippen LogP contribution in [0.2, 0.25) is 0 Å². The van der Waals surface area contributed by atoms with E-state index in [0.29, 0.717) is 36.3 Å². The van der Waals surface area contributed by atoms with Gasteiger partial charge in [-0.05, 0) is 79.5 Å². The first kappa shape index (κ1) is 32.9. The number of rotatable bonds is 13. The van der Waals surface area contributed by atoms with Crippen LogP contribution >= 0.6 is 0 Å². The second-order valence-corrected chi connectivity index (χ2v) is 12.7. The summed E-state index contributed by atoms with van der Waals surface area (Å²) in [6.07, 6.45) is 4.50. The predicted octanol–water partition coefficient (Wildman–Crippen LogP) is 6.43. The minimum Gasteiger partial charge on any atom is -0.480 e. The van der Waals surface area contributed by atoms with Crippen LogP contribution < -0.4 is 5.32 Å². The molecule has 0 aromatic heterocycles. The second kappa shape index (κ2) is 15.6. The maximum Gasteiger partial charge on any atom is 0.410 e. The number of aliphatic carboxylic acids is 1. The molecule has 3 unspecified atom stereocenters. The quantitative estimate of drug-likeness (QED) is 0.276. The number of carboxylic acid groups (broad SMARTS) is 1. The SMILES string of the molecule is CCCN(C(=O)OCc1ccc(F)c(F)c1)C1CCN(CC2CC(N[C@H](CC(C)C)C(=O)O)CC2c2ccccc2)CC1. The predicted molar refractivity (Wildman–Crippen MR) is 163 cm³/mol. The van der Waals surface area contributed by atoms with Gasteiger partial charge in [0, 0.05) is 38.3 Å². The normalized spacial score (nSPS) is 22.0. The number of halogens is 2. The fraction of sp³-hybridized carbons (Fsp3) is 0.588. The highest BCUT2D eigenvalue weighted by molar-refractivity contribution is 5.73. The molecule has 2 N–H and O–H groups in total. The number of carbonyl (C=O) groups excluding carboxylic acids is 1. The van der Waals surface area contributed by atoms with Crippen molar-refractivity contribution in [1.82, 2.24) is 15.1 Å². The molecular formula is C34H47F2N3O4. The molecule has 2 fully saturated rings. The van der Waals surface area contributed by atoms with Crippen molar-refractivity contribution < 1.29 is 28.2 Å². The minimum absolute atomic E-state index is 0.0592. The zero-order chi connectivity index (χ0) is 30.9. The molecule has 1 aliphatic carbocycles. The molecule has 2 aliphatic rings. The first-order valence-corrected chi connectivity index (χ1v) is 15.8. The average molecular weight is 600 g/mol. The average Bonchev–Trinajstić information content (AvgIpc) is 3.38. The molecule has 2 aromatic carbocycles. The molecule has 236 valence electrons. The van der Waals surface area contributed by atoms with Gasteiger partial charge < -0.3 is 25.0 Å². The van der Waals surface area contributed by atoms with Gasteiger partial charge in [0.2, 0.25) is 0 Å².